The second-order valence-electron chi connectivity index (χ2n) is 5.57. The average molecular weight is 291 g/mol. The Hall–Kier alpha value is -1.95. The molecule has 6 heteroatoms. The van der Waals surface area contributed by atoms with E-state index in [2.05, 4.69) is 16.0 Å². The molecule has 0 bridgehead atoms. The number of fused-ring (bicyclic) bond motifs is 1. The van der Waals surface area contributed by atoms with Gasteiger partial charge in [-0.2, -0.15) is 0 Å². The van der Waals surface area contributed by atoms with E-state index in [-0.39, 0.29) is 23.4 Å². The standard InChI is InChI=1S/C15H18FN3O2/c16-11-6-9-3-4-14(20)18-12(9)7-13(11)19-15(21)10-2-1-5-17-8-10/h6-7,10,17H,1-5,8H2,(H,18,20)(H,19,21). The minimum absolute atomic E-state index is 0.0807. The number of carbonyl (C=O) groups excluding carboxylic acids is 2. The predicted octanol–water partition coefficient (Wildman–Crippen LogP) is 1.65. The van der Waals surface area contributed by atoms with Crippen molar-refractivity contribution >= 4 is 23.2 Å². The van der Waals surface area contributed by atoms with Crippen molar-refractivity contribution in [1.82, 2.24) is 5.32 Å². The molecular weight excluding hydrogens is 273 g/mol. The first-order valence-electron chi connectivity index (χ1n) is 7.27. The summed E-state index contributed by atoms with van der Waals surface area (Å²) in [6.07, 6.45) is 2.65. The highest BCUT2D eigenvalue weighted by molar-refractivity contribution is 5.97. The number of nitrogens with one attached hydrogen (secondary N) is 3. The van der Waals surface area contributed by atoms with Crippen LogP contribution in [0.25, 0.3) is 0 Å². The Kier molecular flexibility index (Phi) is 3.88. The van der Waals surface area contributed by atoms with Gasteiger partial charge in [-0.05, 0) is 43.5 Å². The van der Waals surface area contributed by atoms with Gasteiger partial charge in [0, 0.05) is 18.7 Å². The first-order valence-corrected chi connectivity index (χ1v) is 7.27. The van der Waals surface area contributed by atoms with Gasteiger partial charge in [-0.3, -0.25) is 9.59 Å². The van der Waals surface area contributed by atoms with Crippen molar-refractivity contribution in [2.75, 3.05) is 23.7 Å². The number of benzene rings is 1. The normalized spacial score (nSPS) is 21.4. The molecule has 2 amide bonds. The zero-order valence-electron chi connectivity index (χ0n) is 11.7. The molecule has 3 N–H and O–H groups in total. The number of carbonyl (C=O) groups is 2. The van der Waals surface area contributed by atoms with Crippen molar-refractivity contribution in [3.63, 3.8) is 0 Å². The number of anilines is 2. The van der Waals surface area contributed by atoms with Crippen molar-refractivity contribution in [3.8, 4) is 0 Å². The summed E-state index contributed by atoms with van der Waals surface area (Å²) in [5.41, 5.74) is 1.49. The van der Waals surface area contributed by atoms with Gasteiger partial charge in [-0.25, -0.2) is 4.39 Å². The van der Waals surface area contributed by atoms with E-state index in [1.807, 2.05) is 0 Å². The first kappa shape index (κ1) is 14.0. The van der Waals surface area contributed by atoms with Crippen LogP contribution in [-0.2, 0) is 16.0 Å². The van der Waals surface area contributed by atoms with Crippen molar-refractivity contribution in [3.05, 3.63) is 23.5 Å². The molecule has 112 valence electrons. The minimum atomic E-state index is -0.456. The highest BCUT2D eigenvalue weighted by Crippen LogP contribution is 2.29. The molecule has 1 fully saturated rings. The molecule has 1 unspecified atom stereocenters. The fourth-order valence-electron chi connectivity index (χ4n) is 2.80. The molecule has 0 spiro atoms. The zero-order valence-corrected chi connectivity index (χ0v) is 11.7. The smallest absolute Gasteiger partial charge is 0.228 e. The molecule has 2 aliphatic heterocycles. The number of amides is 2. The maximum atomic E-state index is 14.1. The minimum Gasteiger partial charge on any atom is -0.326 e. The summed E-state index contributed by atoms with van der Waals surface area (Å²) in [5.74, 6) is -0.850. The summed E-state index contributed by atoms with van der Waals surface area (Å²) >= 11 is 0. The molecular formula is C15H18FN3O2. The Morgan fingerprint density at radius 2 is 2.19 bits per heavy atom. The summed E-state index contributed by atoms with van der Waals surface area (Å²) in [6, 6.07) is 2.90. The molecule has 0 aliphatic carbocycles. The van der Waals surface area contributed by atoms with Crippen LogP contribution in [0.5, 0.6) is 0 Å². The summed E-state index contributed by atoms with van der Waals surface area (Å²) in [5, 5.41) is 8.51. The summed E-state index contributed by atoms with van der Waals surface area (Å²) in [7, 11) is 0. The molecule has 3 rings (SSSR count). The lowest BCUT2D eigenvalue weighted by molar-refractivity contribution is -0.120. The predicted molar refractivity (Wildman–Crippen MR) is 77.6 cm³/mol. The van der Waals surface area contributed by atoms with Crippen LogP contribution < -0.4 is 16.0 Å². The van der Waals surface area contributed by atoms with E-state index in [0.29, 0.717) is 25.1 Å². The second-order valence-corrected chi connectivity index (χ2v) is 5.57. The van der Waals surface area contributed by atoms with Crippen molar-refractivity contribution < 1.29 is 14.0 Å². The molecule has 5 nitrogen and oxygen atoms in total. The van der Waals surface area contributed by atoms with Crippen LogP contribution in [-0.4, -0.2) is 24.9 Å². The molecule has 0 saturated carbocycles. The van der Waals surface area contributed by atoms with Crippen molar-refractivity contribution in [1.29, 1.82) is 0 Å². The van der Waals surface area contributed by atoms with E-state index in [1.54, 1.807) is 0 Å². The molecule has 0 radical (unpaired) electrons. The van der Waals surface area contributed by atoms with Crippen LogP contribution in [0.15, 0.2) is 12.1 Å². The highest BCUT2D eigenvalue weighted by Gasteiger charge is 2.23. The third-order valence-electron chi connectivity index (χ3n) is 4.01. The molecule has 2 heterocycles. The highest BCUT2D eigenvalue weighted by atomic mass is 19.1. The lowest BCUT2D eigenvalue weighted by Gasteiger charge is -2.23. The fraction of sp³-hybridized carbons (Fsp3) is 0.467. The number of rotatable bonds is 2. The molecule has 1 atom stereocenters. The Bertz CT molecular complexity index is 583. The van der Waals surface area contributed by atoms with Crippen molar-refractivity contribution in [2.45, 2.75) is 25.7 Å². The molecule has 1 aromatic rings. The van der Waals surface area contributed by atoms with Gasteiger partial charge in [-0.15, -0.1) is 0 Å². The van der Waals surface area contributed by atoms with E-state index < -0.39 is 5.82 Å². The van der Waals surface area contributed by atoms with Gasteiger partial charge in [0.05, 0.1) is 11.6 Å². The van der Waals surface area contributed by atoms with Crippen LogP contribution in [0.1, 0.15) is 24.8 Å². The number of halogens is 1. The molecule has 2 aliphatic rings. The number of hydrogen-bond donors (Lipinski definition) is 3. The van der Waals surface area contributed by atoms with Crippen molar-refractivity contribution in [2.24, 2.45) is 5.92 Å². The third-order valence-corrected chi connectivity index (χ3v) is 4.01. The Morgan fingerprint density at radius 1 is 1.33 bits per heavy atom. The van der Waals surface area contributed by atoms with E-state index in [0.717, 1.165) is 24.9 Å². The van der Waals surface area contributed by atoms with E-state index in [9.17, 15) is 14.0 Å². The van der Waals surface area contributed by atoms with Crippen LogP contribution in [0.2, 0.25) is 0 Å². The summed E-state index contributed by atoms with van der Waals surface area (Å²) < 4.78 is 14.1. The molecule has 0 aromatic heterocycles. The fourth-order valence-corrected chi connectivity index (χ4v) is 2.80. The quantitative estimate of drug-likeness (QED) is 0.776. The molecule has 21 heavy (non-hydrogen) atoms. The van der Waals surface area contributed by atoms with Gasteiger partial charge in [0.25, 0.3) is 0 Å². The van der Waals surface area contributed by atoms with Gasteiger partial charge in [0.2, 0.25) is 11.8 Å². The average Bonchev–Trinajstić information content (AvgIpc) is 2.49. The SMILES string of the molecule is O=C1CCc2cc(F)c(NC(=O)C3CCCNC3)cc2N1. The maximum absolute atomic E-state index is 14.1. The Balaban J connectivity index is 1.77. The lowest BCUT2D eigenvalue weighted by Crippen LogP contribution is -2.37. The third kappa shape index (κ3) is 3.05. The Morgan fingerprint density at radius 3 is 2.95 bits per heavy atom. The largest absolute Gasteiger partial charge is 0.326 e. The van der Waals surface area contributed by atoms with Crippen LogP contribution in [0.3, 0.4) is 0 Å². The van der Waals surface area contributed by atoms with Gasteiger partial charge in [0.15, 0.2) is 0 Å². The number of aryl methyl sites for hydroxylation is 1. The number of hydrogen-bond acceptors (Lipinski definition) is 3. The van der Waals surface area contributed by atoms with Gasteiger partial charge in [0.1, 0.15) is 5.82 Å². The first-order chi connectivity index (χ1) is 10.1. The zero-order chi connectivity index (χ0) is 14.8. The lowest BCUT2D eigenvalue weighted by atomic mass is 9.98. The van der Waals surface area contributed by atoms with E-state index >= 15 is 0 Å². The monoisotopic (exact) mass is 291 g/mol. The number of piperidine rings is 1. The van der Waals surface area contributed by atoms with Crippen LogP contribution in [0, 0.1) is 11.7 Å². The van der Waals surface area contributed by atoms with Gasteiger partial charge < -0.3 is 16.0 Å². The molecule has 1 aromatic carbocycles. The molecule has 1 saturated heterocycles. The van der Waals surface area contributed by atoms with Gasteiger partial charge >= 0.3 is 0 Å². The summed E-state index contributed by atoms with van der Waals surface area (Å²) in [4.78, 5) is 23.5. The van der Waals surface area contributed by atoms with Crippen LogP contribution >= 0.6 is 0 Å². The topological polar surface area (TPSA) is 70.2 Å². The van der Waals surface area contributed by atoms with Gasteiger partial charge in [-0.1, -0.05) is 0 Å². The van der Waals surface area contributed by atoms with E-state index in [4.69, 9.17) is 0 Å². The Labute approximate surface area is 122 Å². The van der Waals surface area contributed by atoms with Crippen LogP contribution in [0.4, 0.5) is 15.8 Å². The summed E-state index contributed by atoms with van der Waals surface area (Å²) in [6.45, 7) is 1.54. The van der Waals surface area contributed by atoms with E-state index in [1.165, 1.54) is 12.1 Å². The second kappa shape index (κ2) is 5.81. The maximum Gasteiger partial charge on any atom is 0.228 e.